The topological polar surface area (TPSA) is 96.5 Å². The number of ether oxygens (including phenoxy) is 1. The number of nitrogens with one attached hydrogen (secondary N) is 3. The highest BCUT2D eigenvalue weighted by Gasteiger charge is 2.13. The summed E-state index contributed by atoms with van der Waals surface area (Å²) < 4.78 is 4.90. The van der Waals surface area contributed by atoms with Crippen LogP contribution in [0.1, 0.15) is 27.6 Å². The predicted molar refractivity (Wildman–Crippen MR) is 99.4 cm³/mol. The van der Waals surface area contributed by atoms with E-state index in [9.17, 15) is 14.4 Å². The molecule has 2 aromatic carbocycles. The fraction of sp³-hybridized carbons (Fsp3) is 0.211. The summed E-state index contributed by atoms with van der Waals surface area (Å²) in [6.45, 7) is 2.19. The Morgan fingerprint density at radius 1 is 0.923 bits per heavy atom. The number of benzene rings is 2. The van der Waals surface area contributed by atoms with Crippen molar-refractivity contribution < 1.29 is 19.1 Å². The highest BCUT2D eigenvalue weighted by Crippen LogP contribution is 2.17. The Kier molecular flexibility index (Phi) is 6.87. The largest absolute Gasteiger partial charge is 0.383 e. The van der Waals surface area contributed by atoms with Gasteiger partial charge in [-0.05, 0) is 36.4 Å². The highest BCUT2D eigenvalue weighted by molar-refractivity contribution is 6.09. The van der Waals surface area contributed by atoms with Gasteiger partial charge in [-0.1, -0.05) is 12.1 Å². The zero-order chi connectivity index (χ0) is 18.9. The van der Waals surface area contributed by atoms with Crippen molar-refractivity contribution in [1.82, 2.24) is 5.32 Å². The predicted octanol–water partition coefficient (Wildman–Crippen LogP) is 2.27. The van der Waals surface area contributed by atoms with Crippen molar-refractivity contribution in [3.63, 3.8) is 0 Å². The van der Waals surface area contributed by atoms with Crippen molar-refractivity contribution >= 4 is 29.1 Å². The second-order valence-electron chi connectivity index (χ2n) is 5.51. The number of carbonyl (C=O) groups is 3. The quantitative estimate of drug-likeness (QED) is 0.664. The first-order valence-electron chi connectivity index (χ1n) is 8.06. The number of carbonyl (C=O) groups excluding carboxylic acids is 3. The molecule has 0 aromatic heterocycles. The number of para-hydroxylation sites is 1. The summed E-state index contributed by atoms with van der Waals surface area (Å²) in [5.74, 6) is -0.828. The third kappa shape index (κ3) is 5.42. The molecule has 0 aliphatic rings. The van der Waals surface area contributed by atoms with Crippen molar-refractivity contribution in [2.24, 2.45) is 0 Å². The van der Waals surface area contributed by atoms with E-state index in [-0.39, 0.29) is 17.7 Å². The van der Waals surface area contributed by atoms with Gasteiger partial charge in [-0.25, -0.2) is 0 Å². The van der Waals surface area contributed by atoms with E-state index in [4.69, 9.17) is 4.74 Å². The fourth-order valence-electron chi connectivity index (χ4n) is 2.25. The molecule has 136 valence electrons. The molecule has 0 spiro atoms. The van der Waals surface area contributed by atoms with Gasteiger partial charge >= 0.3 is 0 Å². The van der Waals surface area contributed by atoms with E-state index in [0.717, 1.165) is 0 Å². The Bertz CT molecular complexity index is 788. The van der Waals surface area contributed by atoms with E-state index in [0.29, 0.717) is 35.7 Å². The number of anilines is 2. The monoisotopic (exact) mass is 355 g/mol. The minimum absolute atomic E-state index is 0.185. The van der Waals surface area contributed by atoms with Gasteiger partial charge in [-0.15, -0.1) is 0 Å². The summed E-state index contributed by atoms with van der Waals surface area (Å²) in [4.78, 5) is 35.7. The van der Waals surface area contributed by atoms with Gasteiger partial charge in [0.25, 0.3) is 11.8 Å². The molecule has 26 heavy (non-hydrogen) atoms. The maximum absolute atomic E-state index is 12.4. The van der Waals surface area contributed by atoms with E-state index in [1.807, 2.05) is 0 Å². The zero-order valence-electron chi connectivity index (χ0n) is 14.7. The van der Waals surface area contributed by atoms with E-state index < -0.39 is 0 Å². The molecule has 0 saturated heterocycles. The van der Waals surface area contributed by atoms with Crippen molar-refractivity contribution in [2.45, 2.75) is 6.92 Å². The molecular formula is C19H21N3O4. The van der Waals surface area contributed by atoms with E-state index >= 15 is 0 Å². The lowest BCUT2D eigenvalue weighted by molar-refractivity contribution is -0.114. The Morgan fingerprint density at radius 3 is 2.27 bits per heavy atom. The molecule has 0 bridgehead atoms. The number of methoxy groups -OCH3 is 1. The van der Waals surface area contributed by atoms with Gasteiger partial charge in [0.05, 0.1) is 17.9 Å². The Hall–Kier alpha value is -3.19. The SMILES string of the molecule is COCCNC(=O)c1ccccc1NC(=O)c1ccc(NC(C)=O)cc1. The van der Waals surface area contributed by atoms with Gasteiger partial charge in [0.1, 0.15) is 0 Å². The number of hydrogen-bond acceptors (Lipinski definition) is 4. The number of amides is 3. The smallest absolute Gasteiger partial charge is 0.255 e. The number of hydrogen-bond donors (Lipinski definition) is 3. The minimum Gasteiger partial charge on any atom is -0.383 e. The molecule has 0 aliphatic heterocycles. The zero-order valence-corrected chi connectivity index (χ0v) is 14.7. The van der Waals surface area contributed by atoms with Gasteiger partial charge in [-0.3, -0.25) is 14.4 Å². The van der Waals surface area contributed by atoms with Crippen LogP contribution in [0.25, 0.3) is 0 Å². The summed E-state index contributed by atoms with van der Waals surface area (Å²) >= 11 is 0. The Balaban J connectivity index is 2.09. The van der Waals surface area contributed by atoms with Gasteiger partial charge in [0.2, 0.25) is 5.91 Å². The van der Waals surface area contributed by atoms with Crippen LogP contribution in [0.15, 0.2) is 48.5 Å². The van der Waals surface area contributed by atoms with Crippen LogP contribution < -0.4 is 16.0 Å². The average molecular weight is 355 g/mol. The van der Waals surface area contributed by atoms with E-state index in [2.05, 4.69) is 16.0 Å². The summed E-state index contributed by atoms with van der Waals surface area (Å²) in [7, 11) is 1.55. The molecular weight excluding hydrogens is 334 g/mol. The van der Waals surface area contributed by atoms with E-state index in [1.165, 1.54) is 6.92 Å². The molecule has 0 atom stereocenters. The van der Waals surface area contributed by atoms with Gasteiger partial charge < -0.3 is 20.7 Å². The van der Waals surface area contributed by atoms with Crippen LogP contribution in [0.3, 0.4) is 0 Å². The fourth-order valence-corrected chi connectivity index (χ4v) is 2.25. The number of rotatable bonds is 7. The lowest BCUT2D eigenvalue weighted by Crippen LogP contribution is -2.28. The second-order valence-corrected chi connectivity index (χ2v) is 5.51. The van der Waals surface area contributed by atoms with Gasteiger partial charge in [-0.2, -0.15) is 0 Å². The summed E-state index contributed by atoms with van der Waals surface area (Å²) in [6.07, 6.45) is 0. The molecule has 0 saturated carbocycles. The van der Waals surface area contributed by atoms with Crippen LogP contribution in [-0.2, 0) is 9.53 Å². The van der Waals surface area contributed by atoms with Crippen molar-refractivity contribution in [3.8, 4) is 0 Å². The van der Waals surface area contributed by atoms with Crippen LogP contribution in [-0.4, -0.2) is 38.0 Å². The molecule has 3 N–H and O–H groups in total. The van der Waals surface area contributed by atoms with Crippen LogP contribution >= 0.6 is 0 Å². The minimum atomic E-state index is -0.350. The maximum Gasteiger partial charge on any atom is 0.255 e. The summed E-state index contributed by atoms with van der Waals surface area (Å²) in [5, 5.41) is 8.10. The third-order valence-corrected chi connectivity index (χ3v) is 3.48. The molecule has 7 nitrogen and oxygen atoms in total. The maximum atomic E-state index is 12.4. The first-order chi connectivity index (χ1) is 12.5. The molecule has 2 rings (SSSR count). The molecule has 0 radical (unpaired) electrons. The lowest BCUT2D eigenvalue weighted by Gasteiger charge is -2.11. The first-order valence-corrected chi connectivity index (χ1v) is 8.06. The average Bonchev–Trinajstić information content (AvgIpc) is 2.62. The van der Waals surface area contributed by atoms with Crippen molar-refractivity contribution in [3.05, 3.63) is 59.7 Å². The molecule has 7 heteroatoms. The third-order valence-electron chi connectivity index (χ3n) is 3.48. The normalized spacial score (nSPS) is 10.1. The molecule has 0 fully saturated rings. The standard InChI is InChI=1S/C19H21N3O4/c1-13(23)21-15-9-7-14(8-10-15)18(24)22-17-6-4-3-5-16(17)19(25)20-11-12-26-2/h3-10H,11-12H2,1-2H3,(H,20,25)(H,21,23)(H,22,24). The van der Waals surface area contributed by atoms with Gasteiger partial charge in [0, 0.05) is 31.8 Å². The van der Waals surface area contributed by atoms with Crippen molar-refractivity contribution in [2.75, 3.05) is 30.9 Å². The van der Waals surface area contributed by atoms with Crippen LogP contribution in [0.4, 0.5) is 11.4 Å². The molecule has 3 amide bonds. The lowest BCUT2D eigenvalue weighted by atomic mass is 10.1. The molecule has 0 heterocycles. The van der Waals surface area contributed by atoms with Gasteiger partial charge in [0.15, 0.2) is 0 Å². The Morgan fingerprint density at radius 2 is 1.62 bits per heavy atom. The van der Waals surface area contributed by atoms with Crippen LogP contribution in [0, 0.1) is 0 Å². The molecule has 2 aromatic rings. The van der Waals surface area contributed by atoms with Crippen molar-refractivity contribution in [1.29, 1.82) is 0 Å². The Labute approximate surface area is 151 Å². The highest BCUT2D eigenvalue weighted by atomic mass is 16.5. The summed E-state index contributed by atoms with van der Waals surface area (Å²) in [6, 6.07) is 13.2. The first kappa shape index (κ1) is 19.1. The van der Waals surface area contributed by atoms with Crippen LogP contribution in [0.5, 0.6) is 0 Å². The van der Waals surface area contributed by atoms with E-state index in [1.54, 1.807) is 55.6 Å². The molecule has 0 aliphatic carbocycles. The van der Waals surface area contributed by atoms with Crippen LogP contribution in [0.2, 0.25) is 0 Å². The molecule has 0 unspecified atom stereocenters. The second kappa shape index (κ2) is 9.33. The summed E-state index contributed by atoms with van der Waals surface area (Å²) in [5.41, 5.74) is 1.80.